The fourth-order valence-electron chi connectivity index (χ4n) is 1.94. The van der Waals surface area contributed by atoms with Crippen LogP contribution in [0.25, 0.3) is 0 Å². The summed E-state index contributed by atoms with van der Waals surface area (Å²) in [4.78, 5) is 40.4. The molecular weight excluding hydrogens is 274 g/mol. The zero-order valence-electron chi connectivity index (χ0n) is 11.2. The number of carbonyl (C=O) groups excluding carboxylic acids is 1. The third-order valence-electron chi connectivity index (χ3n) is 2.91. The number of nitrogens with one attached hydrogen (secondary N) is 2. The van der Waals surface area contributed by atoms with Crippen LogP contribution in [0.3, 0.4) is 0 Å². The molecule has 0 radical (unpaired) electrons. The Hall–Kier alpha value is -2.83. The van der Waals surface area contributed by atoms with Gasteiger partial charge in [0.05, 0.1) is 0 Å². The van der Waals surface area contributed by atoms with E-state index >= 15 is 0 Å². The smallest absolute Gasteiger partial charge is 0.323 e. The molecule has 1 amide bonds. The maximum absolute atomic E-state index is 12.4. The molecule has 3 N–H and O–H groups in total. The Morgan fingerprint density at radius 2 is 1.90 bits per heavy atom. The molecular formula is C14H15N3O4. The Morgan fingerprint density at radius 3 is 2.48 bits per heavy atom. The summed E-state index contributed by atoms with van der Waals surface area (Å²) in [5.74, 6) is -1.30. The number of anilines is 1. The second kappa shape index (κ2) is 6.56. The van der Waals surface area contributed by atoms with Gasteiger partial charge in [0.25, 0.3) is 5.91 Å². The van der Waals surface area contributed by atoms with Crippen molar-refractivity contribution in [3.63, 3.8) is 0 Å². The Labute approximate surface area is 120 Å². The highest BCUT2D eigenvalue weighted by atomic mass is 16.4. The summed E-state index contributed by atoms with van der Waals surface area (Å²) in [7, 11) is 0. The molecule has 110 valence electrons. The molecule has 2 aromatic rings. The maximum atomic E-state index is 12.4. The average molecular weight is 289 g/mol. The molecule has 0 fully saturated rings. The maximum Gasteiger partial charge on any atom is 0.323 e. The van der Waals surface area contributed by atoms with Crippen LogP contribution in [0.5, 0.6) is 0 Å². The van der Waals surface area contributed by atoms with E-state index in [-0.39, 0.29) is 24.6 Å². The number of nitrogens with zero attached hydrogens (tertiary/aromatic N) is 1. The van der Waals surface area contributed by atoms with Crippen LogP contribution >= 0.6 is 0 Å². The van der Waals surface area contributed by atoms with Crippen LogP contribution in [0.2, 0.25) is 0 Å². The molecule has 2 rings (SSSR count). The van der Waals surface area contributed by atoms with E-state index in [0.29, 0.717) is 12.1 Å². The van der Waals surface area contributed by atoms with Gasteiger partial charge in [0, 0.05) is 24.8 Å². The van der Waals surface area contributed by atoms with E-state index in [4.69, 9.17) is 5.11 Å². The first-order valence-corrected chi connectivity index (χ1v) is 6.44. The zero-order chi connectivity index (χ0) is 15.2. The summed E-state index contributed by atoms with van der Waals surface area (Å²) in [5.41, 5.74) is 0.325. The molecule has 0 saturated carbocycles. The molecule has 21 heavy (non-hydrogen) atoms. The summed E-state index contributed by atoms with van der Waals surface area (Å²) in [6, 6.07) is 8.90. The predicted octanol–water partition coefficient (Wildman–Crippen LogP) is 1.21. The van der Waals surface area contributed by atoms with E-state index in [2.05, 4.69) is 9.97 Å². The number of hydrogen-bond donors (Lipinski definition) is 3. The normalized spacial score (nSPS) is 10.3. The number of carboxylic acids is 1. The van der Waals surface area contributed by atoms with Crippen LogP contribution in [-0.4, -0.2) is 33.5 Å². The first-order chi connectivity index (χ1) is 10.1. The van der Waals surface area contributed by atoms with E-state index in [0.717, 1.165) is 0 Å². The SMILES string of the molecule is O=C(O)CCCN(C(=O)c1c[nH]c(=O)[nH]1)c1ccccc1. The Bertz CT molecular complexity index is 675. The van der Waals surface area contributed by atoms with Gasteiger partial charge in [-0.3, -0.25) is 9.59 Å². The minimum absolute atomic E-state index is 0.0275. The number of imidazole rings is 1. The van der Waals surface area contributed by atoms with Gasteiger partial charge in [-0.05, 0) is 18.6 Å². The van der Waals surface area contributed by atoms with Crippen molar-refractivity contribution in [3.05, 3.63) is 52.7 Å². The number of benzene rings is 1. The molecule has 7 nitrogen and oxygen atoms in total. The first kappa shape index (κ1) is 14.6. The molecule has 0 unspecified atom stereocenters. The Kier molecular flexibility index (Phi) is 4.55. The predicted molar refractivity (Wildman–Crippen MR) is 76.4 cm³/mol. The fraction of sp³-hybridized carbons (Fsp3) is 0.214. The van der Waals surface area contributed by atoms with Crippen LogP contribution in [0.4, 0.5) is 5.69 Å². The van der Waals surface area contributed by atoms with Crippen molar-refractivity contribution in [1.82, 2.24) is 9.97 Å². The van der Waals surface area contributed by atoms with Crippen molar-refractivity contribution in [2.45, 2.75) is 12.8 Å². The second-order valence-corrected chi connectivity index (χ2v) is 4.45. The molecule has 0 spiro atoms. The van der Waals surface area contributed by atoms with Crippen LogP contribution < -0.4 is 10.6 Å². The van der Waals surface area contributed by atoms with Gasteiger partial charge in [-0.2, -0.15) is 0 Å². The van der Waals surface area contributed by atoms with Crippen molar-refractivity contribution in [1.29, 1.82) is 0 Å². The van der Waals surface area contributed by atoms with E-state index in [1.54, 1.807) is 24.3 Å². The lowest BCUT2D eigenvalue weighted by atomic mass is 10.2. The van der Waals surface area contributed by atoms with Gasteiger partial charge in [0.2, 0.25) is 0 Å². The third-order valence-corrected chi connectivity index (χ3v) is 2.91. The number of hydrogen-bond acceptors (Lipinski definition) is 3. The van der Waals surface area contributed by atoms with Crippen LogP contribution in [0, 0.1) is 0 Å². The lowest BCUT2D eigenvalue weighted by molar-refractivity contribution is -0.137. The van der Waals surface area contributed by atoms with E-state index < -0.39 is 11.7 Å². The van der Waals surface area contributed by atoms with Crippen LogP contribution in [0.1, 0.15) is 23.3 Å². The van der Waals surface area contributed by atoms with Gasteiger partial charge >= 0.3 is 11.7 Å². The van der Waals surface area contributed by atoms with Gasteiger partial charge in [-0.15, -0.1) is 0 Å². The first-order valence-electron chi connectivity index (χ1n) is 6.44. The molecule has 0 aliphatic carbocycles. The quantitative estimate of drug-likeness (QED) is 0.743. The highest BCUT2D eigenvalue weighted by Crippen LogP contribution is 2.16. The van der Waals surface area contributed by atoms with E-state index in [1.807, 2.05) is 6.07 Å². The Balaban J connectivity index is 2.21. The number of H-pyrrole nitrogens is 2. The molecule has 0 saturated heterocycles. The van der Waals surface area contributed by atoms with Crippen molar-refractivity contribution < 1.29 is 14.7 Å². The third kappa shape index (κ3) is 3.82. The number of aliphatic carboxylic acids is 1. The summed E-state index contributed by atoms with van der Waals surface area (Å²) >= 11 is 0. The van der Waals surface area contributed by atoms with Crippen molar-refractivity contribution in [2.24, 2.45) is 0 Å². The molecule has 0 aliphatic heterocycles. The van der Waals surface area contributed by atoms with Gasteiger partial charge < -0.3 is 20.0 Å². The van der Waals surface area contributed by atoms with Gasteiger partial charge in [0.1, 0.15) is 5.69 Å². The molecule has 7 heteroatoms. The number of carboxylic acid groups (broad SMARTS) is 1. The average Bonchev–Trinajstić information content (AvgIpc) is 2.90. The van der Waals surface area contributed by atoms with E-state index in [1.165, 1.54) is 11.1 Å². The van der Waals surface area contributed by atoms with Crippen LogP contribution in [-0.2, 0) is 4.79 Å². The van der Waals surface area contributed by atoms with Crippen molar-refractivity contribution in [2.75, 3.05) is 11.4 Å². The topological polar surface area (TPSA) is 106 Å². The van der Waals surface area contributed by atoms with Gasteiger partial charge in [-0.1, -0.05) is 18.2 Å². The monoisotopic (exact) mass is 289 g/mol. The largest absolute Gasteiger partial charge is 0.481 e. The molecule has 1 aromatic heterocycles. The highest BCUT2D eigenvalue weighted by Gasteiger charge is 2.19. The van der Waals surface area contributed by atoms with Crippen molar-refractivity contribution >= 4 is 17.6 Å². The minimum atomic E-state index is -0.912. The molecule has 1 aromatic carbocycles. The Morgan fingerprint density at radius 1 is 1.19 bits per heavy atom. The lowest BCUT2D eigenvalue weighted by Crippen LogP contribution is -2.32. The number of carbonyl (C=O) groups is 2. The number of aromatic amines is 2. The number of aromatic nitrogens is 2. The van der Waals surface area contributed by atoms with Crippen molar-refractivity contribution in [3.8, 4) is 0 Å². The summed E-state index contributed by atoms with van der Waals surface area (Å²) in [6.45, 7) is 0.252. The van der Waals surface area contributed by atoms with Gasteiger partial charge in [-0.25, -0.2) is 4.79 Å². The highest BCUT2D eigenvalue weighted by molar-refractivity contribution is 6.04. The van der Waals surface area contributed by atoms with E-state index in [9.17, 15) is 14.4 Å². The number of rotatable bonds is 6. The molecule has 0 atom stereocenters. The lowest BCUT2D eigenvalue weighted by Gasteiger charge is -2.21. The number of para-hydroxylation sites is 1. The standard InChI is InChI=1S/C14H15N3O4/c18-12(19)7-4-8-17(10-5-2-1-3-6-10)13(20)11-9-15-14(21)16-11/h1-3,5-6,9H,4,7-8H2,(H,18,19)(H2,15,16,21). The van der Waals surface area contributed by atoms with Crippen LogP contribution in [0.15, 0.2) is 41.3 Å². The summed E-state index contributed by atoms with van der Waals surface area (Å²) in [6.07, 6.45) is 1.60. The molecule has 0 bridgehead atoms. The summed E-state index contributed by atoms with van der Waals surface area (Å²) < 4.78 is 0. The number of amides is 1. The minimum Gasteiger partial charge on any atom is -0.481 e. The fourth-order valence-corrected chi connectivity index (χ4v) is 1.94. The van der Waals surface area contributed by atoms with Gasteiger partial charge in [0.15, 0.2) is 0 Å². The second-order valence-electron chi connectivity index (χ2n) is 4.45. The summed E-state index contributed by atoms with van der Waals surface area (Å²) in [5, 5.41) is 8.70. The zero-order valence-corrected chi connectivity index (χ0v) is 11.2. The molecule has 1 heterocycles. The molecule has 0 aliphatic rings.